The molecule has 0 saturated carbocycles. The largest absolute Gasteiger partial charge is 0.436 e. The molecule has 0 N–H and O–H groups in total. The summed E-state index contributed by atoms with van der Waals surface area (Å²) in [6.45, 7) is 0. The van der Waals surface area contributed by atoms with Crippen molar-refractivity contribution in [3.8, 4) is 44.8 Å². The van der Waals surface area contributed by atoms with Gasteiger partial charge in [-0.25, -0.2) is 4.98 Å². The number of para-hydroxylation sites is 1. The zero-order valence-corrected chi connectivity index (χ0v) is 33.7. The van der Waals surface area contributed by atoms with Crippen molar-refractivity contribution in [1.82, 2.24) is 4.98 Å². The van der Waals surface area contributed by atoms with Crippen molar-refractivity contribution in [3.63, 3.8) is 0 Å². The smallest absolute Gasteiger partial charge is 0.227 e. The molecule has 0 aliphatic rings. The van der Waals surface area contributed by atoms with E-state index in [1.54, 1.807) is 0 Å². The maximum absolute atomic E-state index is 6.47. The fourth-order valence-corrected chi connectivity index (χ4v) is 9.28. The number of oxazole rings is 1. The number of fused-ring (bicyclic) bond motifs is 7. The molecule has 0 amide bonds. The van der Waals surface area contributed by atoms with Crippen LogP contribution in [0.2, 0.25) is 0 Å². The Morgan fingerprint density at radius 3 is 1.68 bits per heavy atom. The number of hydrogen-bond donors (Lipinski definition) is 0. The molecule has 0 spiro atoms. The van der Waals surface area contributed by atoms with Crippen LogP contribution >= 0.6 is 0 Å². The van der Waals surface area contributed by atoms with Gasteiger partial charge in [-0.05, 0) is 126 Å². The summed E-state index contributed by atoms with van der Waals surface area (Å²) in [4.78, 5) is 7.39. The van der Waals surface area contributed by atoms with E-state index in [0.717, 1.165) is 66.6 Å². The maximum atomic E-state index is 6.47. The predicted molar refractivity (Wildman–Crippen MR) is 260 cm³/mol. The van der Waals surface area contributed by atoms with Crippen molar-refractivity contribution in [2.24, 2.45) is 0 Å². The molecule has 12 aromatic rings. The van der Waals surface area contributed by atoms with E-state index >= 15 is 0 Å². The molecular formula is C59H38N2O. The Kier molecular flexibility index (Phi) is 8.50. The van der Waals surface area contributed by atoms with Gasteiger partial charge in [-0.2, -0.15) is 0 Å². The minimum absolute atomic E-state index is 0.626. The first-order valence-electron chi connectivity index (χ1n) is 21.1. The zero-order valence-electron chi connectivity index (χ0n) is 33.7. The number of nitrogens with zero attached hydrogens (tertiary/aromatic N) is 2. The highest BCUT2D eigenvalue weighted by Gasteiger charge is 2.20. The average Bonchev–Trinajstić information content (AvgIpc) is 3.79. The van der Waals surface area contributed by atoms with Crippen LogP contribution in [0.25, 0.3) is 99.0 Å². The normalized spacial score (nSPS) is 11.5. The maximum Gasteiger partial charge on any atom is 0.227 e. The molecule has 0 radical (unpaired) electrons. The highest BCUT2D eigenvalue weighted by molar-refractivity contribution is 6.14. The summed E-state index contributed by atoms with van der Waals surface area (Å²) >= 11 is 0. The number of aromatic nitrogens is 1. The third kappa shape index (κ3) is 6.10. The second-order valence-corrected chi connectivity index (χ2v) is 15.9. The first kappa shape index (κ1) is 35.7. The fourth-order valence-electron chi connectivity index (χ4n) is 9.28. The number of rotatable bonds is 7. The van der Waals surface area contributed by atoms with Crippen LogP contribution in [0.3, 0.4) is 0 Å². The molecule has 3 nitrogen and oxygen atoms in total. The van der Waals surface area contributed by atoms with E-state index in [4.69, 9.17) is 9.40 Å². The zero-order chi connectivity index (χ0) is 41.0. The summed E-state index contributed by atoms with van der Waals surface area (Å²) in [5.41, 5.74) is 12.8. The van der Waals surface area contributed by atoms with Crippen LogP contribution in [0.15, 0.2) is 235 Å². The van der Waals surface area contributed by atoms with E-state index in [2.05, 4.69) is 205 Å². The molecule has 12 rings (SSSR count). The Morgan fingerprint density at radius 1 is 0.323 bits per heavy atom. The van der Waals surface area contributed by atoms with Crippen LogP contribution in [-0.4, -0.2) is 4.98 Å². The van der Waals surface area contributed by atoms with E-state index in [-0.39, 0.29) is 0 Å². The lowest BCUT2D eigenvalue weighted by Crippen LogP contribution is -2.11. The van der Waals surface area contributed by atoms with Gasteiger partial charge >= 0.3 is 0 Å². The third-order valence-corrected chi connectivity index (χ3v) is 12.2. The molecule has 0 bridgehead atoms. The van der Waals surface area contributed by atoms with Crippen LogP contribution < -0.4 is 4.90 Å². The summed E-state index contributed by atoms with van der Waals surface area (Å²) in [7, 11) is 0. The highest BCUT2D eigenvalue weighted by atomic mass is 16.3. The van der Waals surface area contributed by atoms with Gasteiger partial charge in [-0.15, -0.1) is 0 Å². The Morgan fingerprint density at radius 2 is 0.887 bits per heavy atom. The fraction of sp³-hybridized carbons (Fsp3) is 0. The van der Waals surface area contributed by atoms with Gasteiger partial charge in [-0.3, -0.25) is 0 Å². The van der Waals surface area contributed by atoms with Gasteiger partial charge in [0.1, 0.15) is 5.52 Å². The van der Waals surface area contributed by atoms with Crippen LogP contribution in [-0.2, 0) is 0 Å². The highest BCUT2D eigenvalue weighted by Crippen LogP contribution is 2.44. The van der Waals surface area contributed by atoms with Gasteiger partial charge in [0, 0.05) is 27.9 Å². The SMILES string of the molecule is c1ccc(-c2nc3c(cc(-c4ccc5ccc(N(c6ccc(-c7cc8ccccc8c8ccccc78)cc6)c6ccccc6-c6ccccc6)cc5c4)c4ccccc43)o2)cc1. The van der Waals surface area contributed by atoms with Crippen molar-refractivity contribution in [3.05, 3.63) is 231 Å². The van der Waals surface area contributed by atoms with Gasteiger partial charge in [0.2, 0.25) is 5.89 Å². The molecule has 0 atom stereocenters. The van der Waals surface area contributed by atoms with Crippen molar-refractivity contribution in [2.75, 3.05) is 4.90 Å². The molecule has 0 saturated heterocycles. The van der Waals surface area contributed by atoms with Crippen LogP contribution in [0.1, 0.15) is 0 Å². The lowest BCUT2D eigenvalue weighted by molar-refractivity contribution is 0.620. The predicted octanol–water partition coefficient (Wildman–Crippen LogP) is 16.6. The Balaban J connectivity index is 1.01. The average molecular weight is 791 g/mol. The van der Waals surface area contributed by atoms with Crippen molar-refractivity contribution in [2.45, 2.75) is 0 Å². The van der Waals surface area contributed by atoms with Crippen LogP contribution in [0, 0.1) is 0 Å². The molecule has 62 heavy (non-hydrogen) atoms. The molecule has 0 aliphatic carbocycles. The van der Waals surface area contributed by atoms with E-state index < -0.39 is 0 Å². The minimum atomic E-state index is 0.626. The second-order valence-electron chi connectivity index (χ2n) is 15.9. The van der Waals surface area contributed by atoms with Gasteiger partial charge in [0.25, 0.3) is 0 Å². The van der Waals surface area contributed by atoms with E-state index in [1.807, 2.05) is 30.3 Å². The van der Waals surface area contributed by atoms with Crippen molar-refractivity contribution >= 4 is 71.3 Å². The first-order valence-corrected chi connectivity index (χ1v) is 21.1. The topological polar surface area (TPSA) is 29.3 Å². The third-order valence-electron chi connectivity index (χ3n) is 12.2. The van der Waals surface area contributed by atoms with Crippen molar-refractivity contribution in [1.29, 1.82) is 0 Å². The summed E-state index contributed by atoms with van der Waals surface area (Å²) in [6.07, 6.45) is 0. The molecule has 1 heterocycles. The van der Waals surface area contributed by atoms with Gasteiger partial charge < -0.3 is 9.32 Å². The van der Waals surface area contributed by atoms with Crippen LogP contribution in [0.5, 0.6) is 0 Å². The van der Waals surface area contributed by atoms with Gasteiger partial charge in [0.05, 0.1) is 5.69 Å². The number of hydrogen-bond acceptors (Lipinski definition) is 3. The van der Waals surface area contributed by atoms with E-state index in [1.165, 1.54) is 43.6 Å². The van der Waals surface area contributed by atoms with Gasteiger partial charge in [-0.1, -0.05) is 170 Å². The first-order chi connectivity index (χ1) is 30.7. The molecule has 11 aromatic carbocycles. The second kappa shape index (κ2) is 14.8. The van der Waals surface area contributed by atoms with E-state index in [9.17, 15) is 0 Å². The quantitative estimate of drug-likeness (QED) is 0.151. The monoisotopic (exact) mass is 790 g/mol. The van der Waals surface area contributed by atoms with E-state index in [0.29, 0.717) is 5.89 Å². The molecule has 3 heteroatoms. The summed E-state index contributed by atoms with van der Waals surface area (Å²) < 4.78 is 6.47. The summed E-state index contributed by atoms with van der Waals surface area (Å²) in [5.74, 6) is 0.626. The lowest BCUT2D eigenvalue weighted by Gasteiger charge is -2.28. The molecular weight excluding hydrogens is 753 g/mol. The standard InChI is InChI=1S/C59H38N2O/c1-3-15-40(16-4-1)49-21-13-14-26-56(49)61(46-32-30-41(31-33-46)54-37-43-19-7-8-20-48(43)50-22-9-10-23-51(50)54)47-34-29-39-27-28-44(35-45(39)36-47)55-38-57-58(53-25-12-11-24-52(53)55)60-59(62-57)42-17-5-2-6-18-42/h1-38H. The molecule has 0 aliphatic heterocycles. The molecule has 290 valence electrons. The number of benzene rings is 11. The van der Waals surface area contributed by atoms with Crippen molar-refractivity contribution < 1.29 is 4.42 Å². The summed E-state index contributed by atoms with van der Waals surface area (Å²) in [5, 5.41) is 9.56. The summed E-state index contributed by atoms with van der Waals surface area (Å²) in [6, 6.07) is 82.6. The Bertz CT molecular complexity index is 3630. The molecule has 0 fully saturated rings. The lowest BCUT2D eigenvalue weighted by atomic mass is 9.93. The van der Waals surface area contributed by atoms with Crippen LogP contribution in [0.4, 0.5) is 17.1 Å². The Hall–Kier alpha value is -8.27. The van der Waals surface area contributed by atoms with Gasteiger partial charge in [0.15, 0.2) is 5.58 Å². The molecule has 0 unspecified atom stereocenters. The Labute approximate surface area is 359 Å². The minimum Gasteiger partial charge on any atom is -0.436 e. The number of anilines is 3. The molecule has 1 aromatic heterocycles.